The third kappa shape index (κ3) is 21.3. The molecule has 87 heavy (non-hydrogen) atoms. The first-order valence-electron chi connectivity index (χ1n) is 31.7. The second-order valence-corrected chi connectivity index (χ2v) is 24.9. The molecule has 4 heterocycles. The molecule has 0 radical (unpaired) electrons. The number of carbonyl (C=O) groups excluding carboxylic acids is 6. The summed E-state index contributed by atoms with van der Waals surface area (Å²) in [7, 11) is 3.08. The van der Waals surface area contributed by atoms with Crippen LogP contribution in [0.2, 0.25) is 0 Å². The monoisotopic (exact) mass is 1230 g/mol. The number of allylic oxidation sites excluding steroid dienone is 5. The van der Waals surface area contributed by atoms with Gasteiger partial charge in [-0.25, -0.2) is 9.59 Å². The Morgan fingerprint density at radius 2 is 1.48 bits per heavy atom. The van der Waals surface area contributed by atoms with E-state index in [0.717, 1.165) is 10.5 Å². The summed E-state index contributed by atoms with van der Waals surface area (Å²) in [6.45, 7) is 15.7. The van der Waals surface area contributed by atoms with Crippen molar-refractivity contribution in [2.24, 2.45) is 41.1 Å². The number of aliphatic hydroxyl groups excluding tert-OH is 3. The molecule has 3 saturated heterocycles. The number of cyclic esters (lactones) is 1. The van der Waals surface area contributed by atoms with Gasteiger partial charge >= 0.3 is 12.1 Å². The van der Waals surface area contributed by atoms with Crippen molar-refractivity contribution < 1.29 is 87.1 Å². The van der Waals surface area contributed by atoms with E-state index in [4.69, 9.17) is 49.4 Å². The molecular weight excluding hydrogens is 1130 g/mol. The van der Waals surface area contributed by atoms with Gasteiger partial charge in [-0.05, 0) is 121 Å². The van der Waals surface area contributed by atoms with E-state index < -0.39 is 120 Å². The highest BCUT2D eigenvalue weighted by atomic mass is 16.6. The van der Waals surface area contributed by atoms with Gasteiger partial charge in [0.15, 0.2) is 5.78 Å². The highest BCUT2D eigenvalue weighted by Gasteiger charge is 2.53. The van der Waals surface area contributed by atoms with E-state index >= 15 is 0 Å². The number of esters is 1. The summed E-state index contributed by atoms with van der Waals surface area (Å²) < 4.78 is 46.5. The number of methoxy groups -OCH3 is 2. The van der Waals surface area contributed by atoms with E-state index in [0.29, 0.717) is 84.4 Å². The maximum Gasteiger partial charge on any atom is 0.410 e. The number of hydrogen-bond acceptors (Lipinski definition) is 20. The average Bonchev–Trinajstić information content (AvgIpc) is 0.983. The SMILES string of the molecule is CCOCCOCCOCCNC(=O)C1(N)CCN(C(=O)O[C@@H]2CC[C@@H](C[C@@H](N)[C@@H]3C[C@@H](O)[C@H](C)/C=C(\C)[C@@H](O)[C@@H](O)C(=O)[C@H](C)C[C@H](C)/C=C/C=C/C=C(\C)[C@@H](OC)C[C@@H]4CC[C@@H](C)[C@@](O)(O4)C(=O)C(=O)N4CCCC[C@H]4C(=O)O3)C[C@H]2OC)CC1. The Balaban J connectivity index is 1.30. The fraction of sp³-hybridized carbons (Fsp3) is 0.781. The smallest absolute Gasteiger partial charge is 0.410 e. The Morgan fingerprint density at radius 3 is 2.16 bits per heavy atom. The standard InChI is InChI=1S/C64H105N5O18/c1-10-82-30-31-84-33-32-83-29-25-67-61(77)63(66)23-27-68(28-24-63)62(78)86-51-22-20-46(37-54(51)81-9)36-48(65)53-39-50(70)42(4)35-44(6)56(72)57(73)55(71)43(5)34-40(2)16-12-11-13-17-41(3)52(80-8)38-47-21-19-45(7)64(79,87-47)58(74)59(75)69-26-15-14-18-49(69)60(76)85-53/h11-13,16-17,35,40,42-43,45-54,56-57,70,72-73,79H,10,14-15,18-34,36-39,65-66H2,1-9H3,(H,67,77)/b13-11+,16-12+,41-17+,44-35+/t40-,42-,43-,45-,46+,47+,48-,49+,50-,51-,52+,53+,54-,56-,57+,64-/m1/s1. The zero-order valence-electron chi connectivity index (χ0n) is 53.1. The minimum Gasteiger partial charge on any atom is -0.459 e. The first-order chi connectivity index (χ1) is 41.4. The highest BCUT2D eigenvalue weighted by molar-refractivity contribution is 6.39. The number of ether oxygens (including phenoxy) is 8. The summed E-state index contributed by atoms with van der Waals surface area (Å²) in [6.07, 6.45) is 6.81. The highest BCUT2D eigenvalue weighted by Crippen LogP contribution is 2.38. The largest absolute Gasteiger partial charge is 0.459 e. The molecule has 0 aromatic carbocycles. The Labute approximate surface area is 515 Å². The Bertz CT molecular complexity index is 2340. The molecule has 0 aromatic heterocycles. The number of ketones is 2. The van der Waals surface area contributed by atoms with Gasteiger partial charge in [-0.15, -0.1) is 0 Å². The van der Waals surface area contributed by atoms with E-state index in [1.807, 2.05) is 51.2 Å². The van der Waals surface area contributed by atoms with E-state index in [1.165, 1.54) is 12.0 Å². The average molecular weight is 1230 g/mol. The van der Waals surface area contributed by atoms with E-state index in [1.54, 1.807) is 40.9 Å². The van der Waals surface area contributed by atoms with Crippen LogP contribution in [-0.4, -0.2) is 218 Å². The maximum absolute atomic E-state index is 14.6. The minimum atomic E-state index is -2.49. The third-order valence-corrected chi connectivity index (χ3v) is 18.2. The van der Waals surface area contributed by atoms with Gasteiger partial charge in [0, 0.05) is 83.6 Å². The number of carbonyl (C=O) groups is 6. The fourth-order valence-electron chi connectivity index (χ4n) is 12.4. The molecule has 23 nitrogen and oxygen atoms in total. The van der Waals surface area contributed by atoms with E-state index in [-0.39, 0.29) is 94.6 Å². The fourth-order valence-corrected chi connectivity index (χ4v) is 12.4. The Kier molecular flexibility index (Phi) is 30.1. The van der Waals surface area contributed by atoms with Crippen molar-refractivity contribution in [2.75, 3.05) is 80.0 Å². The first kappa shape index (κ1) is 73.2. The summed E-state index contributed by atoms with van der Waals surface area (Å²) in [4.78, 5) is 86.4. The van der Waals surface area contributed by atoms with Gasteiger partial charge < -0.3 is 84.9 Å². The van der Waals surface area contributed by atoms with Crippen molar-refractivity contribution in [3.8, 4) is 0 Å². The minimum absolute atomic E-state index is 0.0186. The van der Waals surface area contributed by atoms with Crippen LogP contribution in [0.3, 0.4) is 0 Å². The van der Waals surface area contributed by atoms with Gasteiger partial charge in [-0.3, -0.25) is 19.2 Å². The van der Waals surface area contributed by atoms with Crippen LogP contribution < -0.4 is 16.8 Å². The van der Waals surface area contributed by atoms with E-state index in [2.05, 4.69) is 5.32 Å². The van der Waals surface area contributed by atoms with Crippen LogP contribution in [0.1, 0.15) is 138 Å². The number of Topliss-reactive ketones (excluding diaryl/α,β-unsaturated/α-hetero) is 2. The molecule has 0 aromatic rings. The molecule has 2 bridgehead atoms. The molecule has 4 fully saturated rings. The van der Waals surface area contributed by atoms with Crippen LogP contribution >= 0.6 is 0 Å². The van der Waals surface area contributed by atoms with Crippen molar-refractivity contribution >= 4 is 35.4 Å². The predicted molar refractivity (Wildman–Crippen MR) is 323 cm³/mol. The maximum atomic E-state index is 14.6. The molecular formula is C64H105N5O18. The number of nitrogens with one attached hydrogen (secondary N) is 1. The van der Waals surface area contributed by atoms with Gasteiger partial charge in [-0.2, -0.15) is 0 Å². The number of likely N-dealkylation sites (tertiary alicyclic amines) is 1. The normalized spacial score (nSPS) is 35.6. The molecule has 9 N–H and O–H groups in total. The van der Waals surface area contributed by atoms with Crippen molar-refractivity contribution in [1.82, 2.24) is 15.1 Å². The quantitative estimate of drug-likeness (QED) is 0.0466. The number of aliphatic hydroxyl groups is 4. The van der Waals surface area contributed by atoms with Gasteiger partial charge in [0.2, 0.25) is 11.7 Å². The number of rotatable bonds is 17. The summed E-state index contributed by atoms with van der Waals surface area (Å²) in [6, 6.07) is -2.15. The lowest BCUT2D eigenvalue weighted by molar-refractivity contribution is -0.265. The van der Waals surface area contributed by atoms with E-state index in [9.17, 15) is 49.2 Å². The number of hydrogen-bond donors (Lipinski definition) is 7. The van der Waals surface area contributed by atoms with Crippen molar-refractivity contribution in [2.45, 2.75) is 211 Å². The molecule has 494 valence electrons. The van der Waals surface area contributed by atoms with Crippen molar-refractivity contribution in [1.29, 1.82) is 0 Å². The number of piperidine rings is 2. The number of amides is 3. The molecule has 23 heteroatoms. The van der Waals surface area contributed by atoms with Crippen LogP contribution in [0.4, 0.5) is 4.79 Å². The number of nitrogens with two attached hydrogens (primary N) is 2. The summed E-state index contributed by atoms with van der Waals surface area (Å²) >= 11 is 0. The lowest BCUT2D eigenvalue weighted by Crippen LogP contribution is -2.61. The zero-order valence-corrected chi connectivity index (χ0v) is 53.1. The topological polar surface area (TPSA) is 328 Å². The van der Waals surface area contributed by atoms with Gasteiger partial charge in [0.25, 0.3) is 11.7 Å². The summed E-state index contributed by atoms with van der Waals surface area (Å²) in [5.41, 5.74) is 13.5. The zero-order chi connectivity index (χ0) is 64.0. The number of nitrogens with zero attached hydrogens (tertiary/aromatic N) is 2. The number of fused-ring (bicyclic) bond motifs is 3. The molecule has 5 rings (SSSR count). The van der Waals surface area contributed by atoms with Crippen LogP contribution in [0.5, 0.6) is 0 Å². The van der Waals surface area contributed by atoms with Crippen LogP contribution in [0.15, 0.2) is 47.6 Å². The molecule has 5 aliphatic rings. The summed E-state index contributed by atoms with van der Waals surface area (Å²) in [5.74, 6) is -8.79. The second-order valence-electron chi connectivity index (χ2n) is 24.9. The molecule has 0 unspecified atom stereocenters. The Hall–Kier alpha value is -4.50. The van der Waals surface area contributed by atoms with Crippen LogP contribution in [0.25, 0.3) is 0 Å². The third-order valence-electron chi connectivity index (χ3n) is 18.2. The molecule has 3 amide bonds. The van der Waals surface area contributed by atoms with Gasteiger partial charge in [0.05, 0.1) is 63.0 Å². The molecule has 4 aliphatic heterocycles. The molecule has 0 spiro atoms. The lowest BCUT2D eigenvalue weighted by atomic mass is 9.80. The van der Waals surface area contributed by atoms with Gasteiger partial charge in [-0.1, -0.05) is 64.2 Å². The van der Waals surface area contributed by atoms with Crippen molar-refractivity contribution in [3.63, 3.8) is 0 Å². The second kappa shape index (κ2) is 35.8. The first-order valence-corrected chi connectivity index (χ1v) is 31.7. The molecule has 1 aliphatic carbocycles. The van der Waals surface area contributed by atoms with Gasteiger partial charge in [0.1, 0.15) is 30.5 Å². The predicted octanol–water partition coefficient (Wildman–Crippen LogP) is 4.13. The molecule has 16 atom stereocenters. The van der Waals surface area contributed by atoms with Crippen LogP contribution in [0, 0.1) is 29.6 Å². The summed E-state index contributed by atoms with van der Waals surface area (Å²) in [5, 5.41) is 49.3. The molecule has 1 saturated carbocycles. The van der Waals surface area contributed by atoms with Crippen LogP contribution in [-0.2, 0) is 61.9 Å². The Morgan fingerprint density at radius 1 is 0.793 bits per heavy atom. The van der Waals surface area contributed by atoms with Crippen molar-refractivity contribution in [3.05, 3.63) is 47.6 Å². The lowest BCUT2D eigenvalue weighted by Gasteiger charge is -2.43.